The number of nitrogens with one attached hydrogen (secondary N) is 1. The summed E-state index contributed by atoms with van der Waals surface area (Å²) >= 11 is 3.48. The molecule has 16 heavy (non-hydrogen) atoms. The normalized spacial score (nSPS) is 20.8. The molecule has 1 fully saturated rings. The van der Waals surface area contributed by atoms with E-state index in [4.69, 9.17) is 0 Å². The summed E-state index contributed by atoms with van der Waals surface area (Å²) in [5.74, 6) is 1.70. The summed E-state index contributed by atoms with van der Waals surface area (Å²) in [6, 6.07) is 0. The highest BCUT2D eigenvalue weighted by atomic mass is 79.9. The maximum atomic E-state index is 4.29. The van der Waals surface area contributed by atoms with Crippen molar-refractivity contribution in [2.45, 2.75) is 12.8 Å². The van der Waals surface area contributed by atoms with Crippen molar-refractivity contribution in [1.82, 2.24) is 15.3 Å². The summed E-state index contributed by atoms with van der Waals surface area (Å²) in [6.45, 7) is 3.33. The summed E-state index contributed by atoms with van der Waals surface area (Å²) in [4.78, 5) is 10.5. The molecule has 2 heterocycles. The van der Waals surface area contributed by atoms with Crippen LogP contribution in [0.4, 0.5) is 5.82 Å². The second kappa shape index (κ2) is 5.59. The van der Waals surface area contributed by atoms with Gasteiger partial charge in [0.2, 0.25) is 0 Å². The Balaban J connectivity index is 1.96. The molecule has 1 unspecified atom stereocenters. The first-order chi connectivity index (χ1) is 7.77. The van der Waals surface area contributed by atoms with Gasteiger partial charge in [0, 0.05) is 19.8 Å². The molecule has 0 spiro atoms. The van der Waals surface area contributed by atoms with E-state index in [0.717, 1.165) is 35.8 Å². The van der Waals surface area contributed by atoms with E-state index in [9.17, 15) is 0 Å². The number of hydrogen-bond donors (Lipinski definition) is 1. The number of piperidine rings is 1. The maximum Gasteiger partial charge on any atom is 0.146 e. The van der Waals surface area contributed by atoms with E-state index >= 15 is 0 Å². The minimum Gasteiger partial charge on any atom is -0.358 e. The summed E-state index contributed by atoms with van der Waals surface area (Å²) in [7, 11) is 2.09. The molecule has 0 radical (unpaired) electrons. The molecule has 1 aliphatic heterocycles. The molecular weight excluding hydrogens is 268 g/mol. The van der Waals surface area contributed by atoms with E-state index in [1.54, 1.807) is 12.5 Å². The highest BCUT2D eigenvalue weighted by molar-refractivity contribution is 9.10. The lowest BCUT2D eigenvalue weighted by Gasteiger charge is -2.28. The zero-order valence-corrected chi connectivity index (χ0v) is 11.1. The average molecular weight is 285 g/mol. The summed E-state index contributed by atoms with van der Waals surface area (Å²) in [5, 5.41) is 3.44. The molecule has 1 aliphatic rings. The maximum absolute atomic E-state index is 4.29. The summed E-state index contributed by atoms with van der Waals surface area (Å²) in [5.41, 5.74) is 0. The number of halogens is 1. The molecule has 1 N–H and O–H groups in total. The lowest BCUT2D eigenvalue weighted by Crippen LogP contribution is -2.37. The van der Waals surface area contributed by atoms with Crippen LogP contribution in [0.2, 0.25) is 0 Å². The van der Waals surface area contributed by atoms with Crippen LogP contribution in [0.1, 0.15) is 12.8 Å². The molecule has 0 bridgehead atoms. The Hall–Kier alpha value is -0.680. The fourth-order valence-electron chi connectivity index (χ4n) is 2.14. The Bertz CT molecular complexity index is 339. The van der Waals surface area contributed by atoms with Crippen molar-refractivity contribution >= 4 is 21.7 Å². The second-order valence-corrected chi connectivity index (χ2v) is 5.14. The number of anilines is 1. The first-order valence-electron chi connectivity index (χ1n) is 5.64. The predicted molar refractivity (Wildman–Crippen MR) is 68.6 cm³/mol. The molecule has 1 aromatic rings. The molecule has 4 nitrogen and oxygen atoms in total. The number of rotatable bonds is 3. The highest BCUT2D eigenvalue weighted by Gasteiger charge is 2.16. The minimum atomic E-state index is 0.723. The molecule has 5 heteroatoms. The van der Waals surface area contributed by atoms with Crippen molar-refractivity contribution in [2.24, 2.45) is 5.92 Å². The van der Waals surface area contributed by atoms with E-state index in [-0.39, 0.29) is 0 Å². The fourth-order valence-corrected chi connectivity index (χ4v) is 2.66. The van der Waals surface area contributed by atoms with Crippen molar-refractivity contribution < 1.29 is 0 Å². The lowest BCUT2D eigenvalue weighted by atomic mass is 9.99. The standard InChI is InChI=1S/C11H17BrN4/c1-16(7-9-3-2-4-13-5-9)11-10(12)6-14-8-15-11/h6,8-9,13H,2-5,7H2,1H3. The molecular formula is C11H17BrN4. The number of hydrogen-bond acceptors (Lipinski definition) is 4. The first-order valence-corrected chi connectivity index (χ1v) is 6.44. The van der Waals surface area contributed by atoms with Crippen LogP contribution >= 0.6 is 15.9 Å². The molecule has 1 atom stereocenters. The van der Waals surface area contributed by atoms with Gasteiger partial charge >= 0.3 is 0 Å². The van der Waals surface area contributed by atoms with Gasteiger partial charge in [-0.2, -0.15) is 0 Å². The monoisotopic (exact) mass is 284 g/mol. The number of aromatic nitrogens is 2. The van der Waals surface area contributed by atoms with Gasteiger partial charge in [-0.3, -0.25) is 0 Å². The molecule has 0 aromatic carbocycles. The Labute approximate surface area is 105 Å². The Morgan fingerprint density at radius 3 is 3.19 bits per heavy atom. The van der Waals surface area contributed by atoms with Crippen LogP contribution in [0.15, 0.2) is 17.0 Å². The van der Waals surface area contributed by atoms with E-state index in [1.807, 2.05) is 0 Å². The molecule has 0 saturated carbocycles. The molecule has 1 aromatic heterocycles. The molecule has 1 saturated heterocycles. The van der Waals surface area contributed by atoms with Crippen molar-refractivity contribution in [3.05, 3.63) is 17.0 Å². The van der Waals surface area contributed by atoms with Crippen molar-refractivity contribution in [1.29, 1.82) is 0 Å². The van der Waals surface area contributed by atoms with Crippen LogP contribution in [0.5, 0.6) is 0 Å². The van der Waals surface area contributed by atoms with Gasteiger partial charge < -0.3 is 10.2 Å². The van der Waals surface area contributed by atoms with E-state index in [1.165, 1.54) is 12.8 Å². The van der Waals surface area contributed by atoms with Crippen LogP contribution in [0.25, 0.3) is 0 Å². The smallest absolute Gasteiger partial charge is 0.146 e. The summed E-state index contributed by atoms with van der Waals surface area (Å²) in [6.07, 6.45) is 5.97. The number of nitrogens with zero attached hydrogens (tertiary/aromatic N) is 3. The van der Waals surface area contributed by atoms with Crippen molar-refractivity contribution in [3.63, 3.8) is 0 Å². The lowest BCUT2D eigenvalue weighted by molar-refractivity contribution is 0.380. The third-order valence-corrected chi connectivity index (χ3v) is 3.50. The Morgan fingerprint density at radius 1 is 1.62 bits per heavy atom. The molecule has 2 rings (SSSR count). The van der Waals surface area contributed by atoms with Crippen LogP contribution < -0.4 is 10.2 Å². The zero-order chi connectivity index (χ0) is 11.4. The minimum absolute atomic E-state index is 0.723. The van der Waals surface area contributed by atoms with E-state index in [2.05, 4.69) is 43.2 Å². The highest BCUT2D eigenvalue weighted by Crippen LogP contribution is 2.22. The van der Waals surface area contributed by atoms with Gasteiger partial charge in [0.05, 0.1) is 4.47 Å². The average Bonchev–Trinajstić information content (AvgIpc) is 2.31. The molecule has 0 amide bonds. The van der Waals surface area contributed by atoms with Crippen molar-refractivity contribution in [2.75, 3.05) is 31.6 Å². The largest absolute Gasteiger partial charge is 0.358 e. The third kappa shape index (κ3) is 2.92. The molecule has 88 valence electrons. The summed E-state index contributed by atoms with van der Waals surface area (Å²) < 4.78 is 0.960. The van der Waals surface area contributed by atoms with Crippen LogP contribution in [-0.4, -0.2) is 36.6 Å². The van der Waals surface area contributed by atoms with Crippen LogP contribution in [-0.2, 0) is 0 Å². The topological polar surface area (TPSA) is 41.0 Å². The van der Waals surface area contributed by atoms with Gasteiger partial charge in [-0.25, -0.2) is 9.97 Å². The van der Waals surface area contributed by atoms with Gasteiger partial charge in [0.25, 0.3) is 0 Å². The van der Waals surface area contributed by atoms with Gasteiger partial charge in [0.15, 0.2) is 0 Å². The predicted octanol–water partition coefficient (Wildman–Crippen LogP) is 1.67. The van der Waals surface area contributed by atoms with Crippen LogP contribution in [0, 0.1) is 5.92 Å². The quantitative estimate of drug-likeness (QED) is 0.917. The Morgan fingerprint density at radius 2 is 2.50 bits per heavy atom. The first kappa shape index (κ1) is 11.8. The second-order valence-electron chi connectivity index (χ2n) is 4.29. The van der Waals surface area contributed by atoms with Crippen molar-refractivity contribution in [3.8, 4) is 0 Å². The zero-order valence-electron chi connectivity index (χ0n) is 9.49. The van der Waals surface area contributed by atoms with Gasteiger partial charge in [-0.1, -0.05) is 0 Å². The third-order valence-electron chi connectivity index (χ3n) is 2.94. The van der Waals surface area contributed by atoms with Crippen LogP contribution in [0.3, 0.4) is 0 Å². The van der Waals surface area contributed by atoms with E-state index < -0.39 is 0 Å². The fraction of sp³-hybridized carbons (Fsp3) is 0.636. The van der Waals surface area contributed by atoms with Gasteiger partial charge in [-0.15, -0.1) is 0 Å². The Kier molecular flexibility index (Phi) is 4.12. The molecule has 0 aliphatic carbocycles. The van der Waals surface area contributed by atoms with Gasteiger partial charge in [0.1, 0.15) is 12.1 Å². The SMILES string of the molecule is CN(CC1CCCNC1)c1ncncc1Br. The van der Waals surface area contributed by atoms with E-state index in [0.29, 0.717) is 0 Å². The van der Waals surface area contributed by atoms with Gasteiger partial charge in [-0.05, 0) is 47.8 Å².